The third-order valence-electron chi connectivity index (χ3n) is 1.94. The van der Waals surface area contributed by atoms with Crippen molar-refractivity contribution in [3.05, 3.63) is 28.8 Å². The summed E-state index contributed by atoms with van der Waals surface area (Å²) in [6, 6.07) is 4.38. The molecule has 0 bridgehead atoms. The Hall–Kier alpha value is -1.09. The van der Waals surface area contributed by atoms with Crippen LogP contribution in [-0.2, 0) is 10.5 Å². The summed E-state index contributed by atoms with van der Waals surface area (Å²) in [5, 5.41) is 0.288. The van der Waals surface area contributed by atoms with Crippen LogP contribution in [0.5, 0.6) is 5.75 Å². The Morgan fingerprint density at radius 1 is 1.57 bits per heavy atom. The minimum atomic E-state index is -2.00. The standard InChI is InChI=1S/C10H10ClFO2/c1-10(12,6-13)7-3-4-9(14-2)8(11)5-7/h3-6H,1-2H3. The van der Waals surface area contributed by atoms with Crippen molar-refractivity contribution in [1.29, 1.82) is 0 Å². The van der Waals surface area contributed by atoms with Crippen LogP contribution in [0.15, 0.2) is 18.2 Å². The lowest BCUT2D eigenvalue weighted by Gasteiger charge is -2.14. The molecule has 0 saturated heterocycles. The third kappa shape index (κ3) is 2.04. The quantitative estimate of drug-likeness (QED) is 0.727. The molecular weight excluding hydrogens is 207 g/mol. The summed E-state index contributed by atoms with van der Waals surface area (Å²) >= 11 is 5.78. The van der Waals surface area contributed by atoms with E-state index in [-0.39, 0.29) is 16.9 Å². The fourth-order valence-electron chi connectivity index (χ4n) is 1.04. The summed E-state index contributed by atoms with van der Waals surface area (Å²) in [5.74, 6) is 0.456. The van der Waals surface area contributed by atoms with Crippen LogP contribution in [0.4, 0.5) is 4.39 Å². The molecule has 0 aliphatic rings. The molecule has 0 amide bonds. The zero-order chi connectivity index (χ0) is 10.8. The van der Waals surface area contributed by atoms with E-state index in [1.165, 1.54) is 32.2 Å². The number of benzene rings is 1. The molecule has 4 heteroatoms. The molecule has 1 unspecified atom stereocenters. The number of aldehydes is 1. The zero-order valence-electron chi connectivity index (χ0n) is 7.88. The van der Waals surface area contributed by atoms with Crippen LogP contribution in [0.2, 0.25) is 5.02 Å². The number of methoxy groups -OCH3 is 1. The van der Waals surface area contributed by atoms with E-state index in [0.717, 1.165) is 0 Å². The predicted molar refractivity (Wildman–Crippen MR) is 52.5 cm³/mol. The number of hydrogen-bond acceptors (Lipinski definition) is 2. The molecule has 2 nitrogen and oxygen atoms in total. The van der Waals surface area contributed by atoms with Crippen molar-refractivity contribution >= 4 is 17.9 Å². The number of hydrogen-bond donors (Lipinski definition) is 0. The van der Waals surface area contributed by atoms with Crippen molar-refractivity contribution in [1.82, 2.24) is 0 Å². The molecule has 0 heterocycles. The summed E-state index contributed by atoms with van der Waals surface area (Å²) in [4.78, 5) is 10.4. The van der Waals surface area contributed by atoms with Gasteiger partial charge in [0.05, 0.1) is 12.1 Å². The monoisotopic (exact) mass is 216 g/mol. The first kappa shape index (κ1) is 11.0. The van der Waals surface area contributed by atoms with Gasteiger partial charge in [-0.1, -0.05) is 17.7 Å². The second-order valence-corrected chi connectivity index (χ2v) is 3.45. The van der Waals surface area contributed by atoms with Gasteiger partial charge in [0.25, 0.3) is 0 Å². The topological polar surface area (TPSA) is 26.3 Å². The molecule has 0 radical (unpaired) electrons. The fourth-order valence-corrected chi connectivity index (χ4v) is 1.30. The summed E-state index contributed by atoms with van der Waals surface area (Å²) in [6.07, 6.45) is 0.241. The van der Waals surface area contributed by atoms with Gasteiger partial charge in [-0.15, -0.1) is 0 Å². The van der Waals surface area contributed by atoms with Crippen LogP contribution in [0.1, 0.15) is 12.5 Å². The van der Waals surface area contributed by atoms with E-state index < -0.39 is 5.67 Å². The van der Waals surface area contributed by atoms with Gasteiger partial charge in [-0.2, -0.15) is 0 Å². The highest BCUT2D eigenvalue weighted by atomic mass is 35.5. The minimum Gasteiger partial charge on any atom is -0.495 e. The van der Waals surface area contributed by atoms with Gasteiger partial charge in [-0.25, -0.2) is 4.39 Å². The van der Waals surface area contributed by atoms with Gasteiger partial charge >= 0.3 is 0 Å². The van der Waals surface area contributed by atoms with E-state index in [4.69, 9.17) is 16.3 Å². The van der Waals surface area contributed by atoms with Crippen molar-refractivity contribution in [3.8, 4) is 5.75 Å². The van der Waals surface area contributed by atoms with Crippen LogP contribution in [0.25, 0.3) is 0 Å². The second kappa shape index (κ2) is 3.96. The molecule has 1 atom stereocenters. The van der Waals surface area contributed by atoms with Crippen molar-refractivity contribution in [2.24, 2.45) is 0 Å². The first-order valence-corrected chi connectivity index (χ1v) is 4.38. The first-order valence-electron chi connectivity index (χ1n) is 4.00. The SMILES string of the molecule is COc1ccc(C(C)(F)C=O)cc1Cl. The van der Waals surface area contributed by atoms with E-state index in [9.17, 15) is 9.18 Å². The van der Waals surface area contributed by atoms with Gasteiger partial charge in [0.1, 0.15) is 5.75 Å². The molecule has 0 aliphatic heterocycles. The van der Waals surface area contributed by atoms with Crippen LogP contribution in [0, 0.1) is 0 Å². The summed E-state index contributed by atoms with van der Waals surface area (Å²) in [7, 11) is 1.47. The number of ether oxygens (including phenoxy) is 1. The van der Waals surface area contributed by atoms with Crippen molar-refractivity contribution in [3.63, 3.8) is 0 Å². The molecule has 1 aromatic rings. The molecular formula is C10H10ClFO2. The van der Waals surface area contributed by atoms with Crippen LogP contribution in [-0.4, -0.2) is 13.4 Å². The molecule has 0 saturated carbocycles. The minimum absolute atomic E-state index is 0.221. The molecule has 14 heavy (non-hydrogen) atoms. The van der Waals surface area contributed by atoms with Gasteiger partial charge in [0.15, 0.2) is 12.0 Å². The van der Waals surface area contributed by atoms with Gasteiger partial charge in [-0.3, -0.25) is 4.79 Å². The maximum absolute atomic E-state index is 13.5. The van der Waals surface area contributed by atoms with E-state index in [2.05, 4.69) is 0 Å². The Morgan fingerprint density at radius 2 is 2.21 bits per heavy atom. The van der Waals surface area contributed by atoms with Crippen molar-refractivity contribution in [2.75, 3.05) is 7.11 Å². The predicted octanol–water partition coefficient (Wildman–Crippen LogP) is 2.73. The molecule has 0 aromatic heterocycles. The van der Waals surface area contributed by atoms with Gasteiger partial charge in [0.2, 0.25) is 0 Å². The molecule has 0 N–H and O–H groups in total. The van der Waals surface area contributed by atoms with E-state index >= 15 is 0 Å². The number of carbonyl (C=O) groups is 1. The third-order valence-corrected chi connectivity index (χ3v) is 2.23. The highest BCUT2D eigenvalue weighted by Crippen LogP contribution is 2.31. The second-order valence-electron chi connectivity index (χ2n) is 3.04. The number of halogens is 2. The van der Waals surface area contributed by atoms with Crippen LogP contribution in [0.3, 0.4) is 0 Å². The molecule has 1 rings (SSSR count). The van der Waals surface area contributed by atoms with E-state index in [0.29, 0.717) is 5.75 Å². The van der Waals surface area contributed by atoms with Crippen molar-refractivity contribution in [2.45, 2.75) is 12.6 Å². The summed E-state index contributed by atoms with van der Waals surface area (Å²) in [5.41, 5.74) is -1.78. The Bertz CT molecular complexity index is 350. The Morgan fingerprint density at radius 3 is 2.64 bits per heavy atom. The Kier molecular flexibility index (Phi) is 3.11. The molecule has 0 aliphatic carbocycles. The fraction of sp³-hybridized carbons (Fsp3) is 0.300. The summed E-state index contributed by atoms with van der Waals surface area (Å²) < 4.78 is 18.4. The smallest absolute Gasteiger partial charge is 0.188 e. The lowest BCUT2D eigenvalue weighted by atomic mass is 10.00. The van der Waals surface area contributed by atoms with Crippen LogP contribution >= 0.6 is 11.6 Å². The van der Waals surface area contributed by atoms with E-state index in [1.807, 2.05) is 0 Å². The summed E-state index contributed by atoms with van der Waals surface area (Å²) in [6.45, 7) is 1.18. The zero-order valence-corrected chi connectivity index (χ0v) is 8.64. The average Bonchev–Trinajstić information content (AvgIpc) is 2.17. The average molecular weight is 217 g/mol. The normalized spacial score (nSPS) is 14.6. The molecule has 1 aromatic carbocycles. The lowest BCUT2D eigenvalue weighted by molar-refractivity contribution is -0.117. The van der Waals surface area contributed by atoms with Gasteiger partial charge in [0, 0.05) is 0 Å². The number of carbonyl (C=O) groups excluding carboxylic acids is 1. The molecule has 0 fully saturated rings. The first-order chi connectivity index (χ1) is 6.51. The number of alkyl halides is 1. The maximum atomic E-state index is 13.5. The van der Waals surface area contributed by atoms with Gasteiger partial charge in [-0.05, 0) is 24.6 Å². The van der Waals surface area contributed by atoms with Crippen LogP contribution < -0.4 is 4.74 Å². The Labute approximate surface area is 86.6 Å². The molecule has 0 spiro atoms. The lowest BCUT2D eigenvalue weighted by Crippen LogP contribution is -2.16. The molecule has 76 valence electrons. The van der Waals surface area contributed by atoms with E-state index in [1.54, 1.807) is 0 Å². The number of rotatable bonds is 3. The largest absolute Gasteiger partial charge is 0.495 e. The van der Waals surface area contributed by atoms with Crippen molar-refractivity contribution < 1.29 is 13.9 Å². The maximum Gasteiger partial charge on any atom is 0.188 e. The Balaban J connectivity index is 3.15. The highest BCUT2D eigenvalue weighted by Gasteiger charge is 2.25. The highest BCUT2D eigenvalue weighted by molar-refractivity contribution is 6.32. The van der Waals surface area contributed by atoms with Gasteiger partial charge < -0.3 is 4.74 Å².